The molecule has 1 fully saturated rings. The van der Waals surface area contributed by atoms with Crippen LogP contribution in [0.25, 0.3) is 0 Å². The third kappa shape index (κ3) is 3.70. The molecule has 0 radical (unpaired) electrons. The molecule has 2 aromatic carbocycles. The van der Waals surface area contributed by atoms with Crippen LogP contribution in [0, 0.1) is 0 Å². The van der Waals surface area contributed by atoms with Gasteiger partial charge in [0.25, 0.3) is 5.91 Å². The molecule has 1 aliphatic heterocycles. The van der Waals surface area contributed by atoms with Gasteiger partial charge in [0.15, 0.2) is 0 Å². The van der Waals surface area contributed by atoms with Crippen molar-refractivity contribution >= 4 is 50.7 Å². The van der Waals surface area contributed by atoms with E-state index >= 15 is 0 Å². The molecule has 26 heavy (non-hydrogen) atoms. The SMILES string of the molecule is O=C(NCc1ccccc1Cl)c1ccc(Cl)c(N2C(=O)CCS2(=O)=O)c1. The molecule has 2 amide bonds. The van der Waals surface area contributed by atoms with E-state index in [1.807, 2.05) is 0 Å². The molecule has 3 rings (SSSR count). The van der Waals surface area contributed by atoms with Gasteiger partial charge in [0.05, 0.1) is 16.5 Å². The fourth-order valence-electron chi connectivity index (χ4n) is 2.58. The molecule has 9 heteroatoms. The minimum Gasteiger partial charge on any atom is -0.348 e. The minimum absolute atomic E-state index is 0.0143. The van der Waals surface area contributed by atoms with Gasteiger partial charge in [-0.05, 0) is 29.8 Å². The topological polar surface area (TPSA) is 83.6 Å². The molecule has 1 N–H and O–H groups in total. The Kier molecular flexibility index (Phi) is 5.22. The lowest BCUT2D eigenvalue weighted by Gasteiger charge is -2.17. The van der Waals surface area contributed by atoms with Gasteiger partial charge in [0, 0.05) is 23.6 Å². The third-order valence-electron chi connectivity index (χ3n) is 3.90. The molecule has 0 unspecified atom stereocenters. The number of hydrogen-bond donors (Lipinski definition) is 1. The average Bonchev–Trinajstić information content (AvgIpc) is 2.87. The number of hydrogen-bond acceptors (Lipinski definition) is 4. The van der Waals surface area contributed by atoms with E-state index in [2.05, 4.69) is 5.32 Å². The number of rotatable bonds is 4. The molecular formula is C17H14Cl2N2O4S. The first-order chi connectivity index (χ1) is 12.3. The molecule has 1 aliphatic rings. The first-order valence-corrected chi connectivity index (χ1v) is 10.0. The highest BCUT2D eigenvalue weighted by Gasteiger charge is 2.37. The number of anilines is 1. The largest absolute Gasteiger partial charge is 0.348 e. The summed E-state index contributed by atoms with van der Waals surface area (Å²) in [5.74, 6) is -1.28. The van der Waals surface area contributed by atoms with Gasteiger partial charge in [-0.3, -0.25) is 9.59 Å². The van der Waals surface area contributed by atoms with E-state index in [4.69, 9.17) is 23.2 Å². The molecule has 0 aromatic heterocycles. The van der Waals surface area contributed by atoms with E-state index in [9.17, 15) is 18.0 Å². The molecule has 0 bridgehead atoms. The summed E-state index contributed by atoms with van der Waals surface area (Å²) < 4.78 is 24.8. The zero-order chi connectivity index (χ0) is 18.9. The Morgan fingerprint density at radius 3 is 2.50 bits per heavy atom. The van der Waals surface area contributed by atoms with E-state index in [0.717, 1.165) is 5.56 Å². The smallest absolute Gasteiger partial charge is 0.251 e. The van der Waals surface area contributed by atoms with Crippen molar-refractivity contribution in [3.8, 4) is 0 Å². The molecule has 6 nitrogen and oxygen atoms in total. The Morgan fingerprint density at radius 1 is 1.12 bits per heavy atom. The van der Waals surface area contributed by atoms with Crippen molar-refractivity contribution in [1.82, 2.24) is 5.32 Å². The average molecular weight is 413 g/mol. The van der Waals surface area contributed by atoms with Crippen molar-refractivity contribution in [2.45, 2.75) is 13.0 Å². The highest BCUT2D eigenvalue weighted by atomic mass is 35.5. The highest BCUT2D eigenvalue weighted by Crippen LogP contribution is 2.32. The van der Waals surface area contributed by atoms with E-state index in [0.29, 0.717) is 9.33 Å². The number of nitrogens with zero attached hydrogens (tertiary/aromatic N) is 1. The van der Waals surface area contributed by atoms with Crippen LogP contribution in [0.15, 0.2) is 42.5 Å². The number of benzene rings is 2. The maximum absolute atomic E-state index is 12.4. The van der Waals surface area contributed by atoms with E-state index < -0.39 is 21.8 Å². The van der Waals surface area contributed by atoms with Crippen molar-refractivity contribution < 1.29 is 18.0 Å². The predicted molar refractivity (Wildman–Crippen MR) is 100.0 cm³/mol. The van der Waals surface area contributed by atoms with E-state index in [1.54, 1.807) is 24.3 Å². The Balaban J connectivity index is 1.84. The number of halogens is 2. The number of carbonyl (C=O) groups excluding carboxylic acids is 2. The summed E-state index contributed by atoms with van der Waals surface area (Å²) in [4.78, 5) is 24.3. The monoisotopic (exact) mass is 412 g/mol. The molecule has 0 aliphatic carbocycles. The van der Waals surface area contributed by atoms with Gasteiger partial charge >= 0.3 is 0 Å². The van der Waals surface area contributed by atoms with Crippen molar-refractivity contribution in [1.29, 1.82) is 0 Å². The van der Waals surface area contributed by atoms with Crippen LogP contribution in [0.3, 0.4) is 0 Å². The molecule has 1 saturated heterocycles. The van der Waals surface area contributed by atoms with Crippen LogP contribution < -0.4 is 9.62 Å². The maximum atomic E-state index is 12.4. The lowest BCUT2D eigenvalue weighted by molar-refractivity contribution is -0.116. The summed E-state index contributed by atoms with van der Waals surface area (Å²) in [6.45, 7) is 0.206. The summed E-state index contributed by atoms with van der Waals surface area (Å²) in [5.41, 5.74) is 0.917. The van der Waals surface area contributed by atoms with Gasteiger partial charge in [-0.15, -0.1) is 0 Å². The van der Waals surface area contributed by atoms with Gasteiger partial charge in [-0.2, -0.15) is 0 Å². The molecule has 0 atom stereocenters. The van der Waals surface area contributed by atoms with Crippen LogP contribution in [0.4, 0.5) is 5.69 Å². The van der Waals surface area contributed by atoms with Crippen molar-refractivity contribution in [3.63, 3.8) is 0 Å². The maximum Gasteiger partial charge on any atom is 0.251 e. The van der Waals surface area contributed by atoms with Crippen molar-refractivity contribution in [3.05, 3.63) is 63.6 Å². The molecule has 1 heterocycles. The Labute approximate surface area is 160 Å². The third-order valence-corrected chi connectivity index (χ3v) is 6.27. The summed E-state index contributed by atoms with van der Waals surface area (Å²) in [6.07, 6.45) is -0.110. The van der Waals surface area contributed by atoms with E-state index in [1.165, 1.54) is 18.2 Å². The van der Waals surface area contributed by atoms with Crippen LogP contribution >= 0.6 is 23.2 Å². The first kappa shape index (κ1) is 18.7. The molecule has 2 aromatic rings. The fraction of sp³-hybridized carbons (Fsp3) is 0.176. The second-order valence-corrected chi connectivity index (χ2v) is 8.42. The van der Waals surface area contributed by atoms with Crippen LogP contribution in [-0.2, 0) is 21.4 Å². The normalized spacial score (nSPS) is 15.9. The number of amides is 2. The first-order valence-electron chi connectivity index (χ1n) is 7.66. The Bertz CT molecular complexity index is 992. The summed E-state index contributed by atoms with van der Waals surface area (Å²) in [6, 6.07) is 11.2. The molecule has 0 saturated carbocycles. The summed E-state index contributed by atoms with van der Waals surface area (Å²) in [5, 5.41) is 3.31. The lowest BCUT2D eigenvalue weighted by atomic mass is 10.1. The second-order valence-electron chi connectivity index (χ2n) is 5.66. The number of sulfonamides is 1. The minimum atomic E-state index is -3.76. The molecular weight excluding hydrogens is 399 g/mol. The zero-order valence-electron chi connectivity index (χ0n) is 13.4. The Hall–Kier alpha value is -2.09. The Morgan fingerprint density at radius 2 is 1.85 bits per heavy atom. The standard InChI is InChI=1S/C17H14Cl2N2O4S/c18-13-4-2-1-3-12(13)10-20-17(23)11-5-6-14(19)15(9-11)21-16(22)7-8-26(21,24)25/h1-6,9H,7-8,10H2,(H,20,23). The summed E-state index contributed by atoms with van der Waals surface area (Å²) in [7, 11) is -3.76. The number of carbonyl (C=O) groups is 2. The van der Waals surface area contributed by atoms with Crippen LogP contribution in [0.2, 0.25) is 10.0 Å². The number of nitrogens with one attached hydrogen (secondary N) is 1. The summed E-state index contributed by atoms with van der Waals surface area (Å²) >= 11 is 12.1. The van der Waals surface area contributed by atoms with Crippen LogP contribution in [0.5, 0.6) is 0 Å². The van der Waals surface area contributed by atoms with E-state index in [-0.39, 0.29) is 35.0 Å². The van der Waals surface area contributed by atoms with Crippen LogP contribution in [0.1, 0.15) is 22.3 Å². The lowest BCUT2D eigenvalue weighted by Crippen LogP contribution is -2.30. The molecule has 136 valence electrons. The van der Waals surface area contributed by atoms with Gasteiger partial charge in [0.1, 0.15) is 0 Å². The highest BCUT2D eigenvalue weighted by molar-refractivity contribution is 7.94. The quantitative estimate of drug-likeness (QED) is 0.836. The van der Waals surface area contributed by atoms with Gasteiger partial charge in [-0.25, -0.2) is 12.7 Å². The van der Waals surface area contributed by atoms with Gasteiger partial charge in [-0.1, -0.05) is 41.4 Å². The van der Waals surface area contributed by atoms with Crippen molar-refractivity contribution in [2.75, 3.05) is 10.1 Å². The van der Waals surface area contributed by atoms with Gasteiger partial charge < -0.3 is 5.32 Å². The molecule has 0 spiro atoms. The van der Waals surface area contributed by atoms with Crippen LogP contribution in [-0.4, -0.2) is 26.0 Å². The van der Waals surface area contributed by atoms with Gasteiger partial charge in [0.2, 0.25) is 15.9 Å². The van der Waals surface area contributed by atoms with Crippen molar-refractivity contribution in [2.24, 2.45) is 0 Å². The second kappa shape index (κ2) is 7.26. The zero-order valence-corrected chi connectivity index (χ0v) is 15.7. The fourth-order valence-corrected chi connectivity index (χ4v) is 4.50. The predicted octanol–water partition coefficient (Wildman–Crippen LogP) is 2.99.